The van der Waals surface area contributed by atoms with Crippen LogP contribution < -0.4 is 5.32 Å². The minimum absolute atomic E-state index is 0.122. The van der Waals surface area contributed by atoms with Crippen molar-refractivity contribution < 1.29 is 19.4 Å². The highest BCUT2D eigenvalue weighted by atomic mass is 16.5. The number of carbonyl (C=O) groups is 2. The van der Waals surface area contributed by atoms with E-state index in [2.05, 4.69) is 11.9 Å². The Hall–Kier alpha value is -1.36. The molecule has 0 saturated carbocycles. The van der Waals surface area contributed by atoms with Gasteiger partial charge in [-0.15, -0.1) is 6.58 Å². The second kappa shape index (κ2) is 7.08. The Labute approximate surface area is 82.7 Å². The van der Waals surface area contributed by atoms with Crippen LogP contribution in [0.1, 0.15) is 12.8 Å². The number of aliphatic carboxylic acids is 1. The normalized spacial score (nSPS) is 11.8. The maximum absolute atomic E-state index is 11.0. The summed E-state index contributed by atoms with van der Waals surface area (Å²) in [6.45, 7) is 3.68. The summed E-state index contributed by atoms with van der Waals surface area (Å²) in [6, 6.07) is -0.887. The first-order chi connectivity index (χ1) is 6.61. The van der Waals surface area contributed by atoms with Gasteiger partial charge in [-0.3, -0.25) is 4.79 Å². The zero-order valence-electron chi connectivity index (χ0n) is 8.16. The van der Waals surface area contributed by atoms with Crippen LogP contribution in [0.15, 0.2) is 12.7 Å². The first kappa shape index (κ1) is 12.6. The first-order valence-electron chi connectivity index (χ1n) is 4.23. The van der Waals surface area contributed by atoms with Gasteiger partial charge < -0.3 is 15.2 Å². The molecule has 0 aliphatic rings. The standard InChI is InChI=1S/C9H15NO4/c1-3-4-8(11)10-7(9(12)13)5-6-14-2/h3,7H,1,4-6H2,2H3,(H,10,11)(H,12,13). The molecule has 0 aliphatic heterocycles. The summed E-state index contributed by atoms with van der Waals surface area (Å²) in [6.07, 6.45) is 1.80. The lowest BCUT2D eigenvalue weighted by Crippen LogP contribution is -2.41. The monoisotopic (exact) mass is 201 g/mol. The lowest BCUT2D eigenvalue weighted by atomic mass is 10.2. The highest BCUT2D eigenvalue weighted by Crippen LogP contribution is 1.94. The van der Waals surface area contributed by atoms with E-state index in [1.54, 1.807) is 0 Å². The molecule has 5 heteroatoms. The van der Waals surface area contributed by atoms with Crippen molar-refractivity contribution in [2.45, 2.75) is 18.9 Å². The largest absolute Gasteiger partial charge is 0.480 e. The molecule has 5 nitrogen and oxygen atoms in total. The SMILES string of the molecule is C=CCC(=O)NC(CCOC)C(=O)O. The minimum atomic E-state index is -1.06. The third-order valence-electron chi connectivity index (χ3n) is 1.57. The molecule has 1 unspecified atom stereocenters. The summed E-state index contributed by atoms with van der Waals surface area (Å²) >= 11 is 0. The quantitative estimate of drug-likeness (QED) is 0.576. The van der Waals surface area contributed by atoms with E-state index in [0.717, 1.165) is 0 Å². The molecule has 80 valence electrons. The highest BCUT2D eigenvalue weighted by Gasteiger charge is 2.18. The molecule has 0 heterocycles. The molecule has 0 spiro atoms. The van der Waals surface area contributed by atoms with E-state index in [1.807, 2.05) is 0 Å². The molecule has 0 aliphatic carbocycles. The fourth-order valence-corrected chi connectivity index (χ4v) is 0.877. The van der Waals surface area contributed by atoms with Gasteiger partial charge in [0, 0.05) is 26.6 Å². The average Bonchev–Trinajstić information content (AvgIpc) is 2.12. The second-order valence-corrected chi connectivity index (χ2v) is 2.73. The molecule has 0 aromatic rings. The number of nitrogens with one attached hydrogen (secondary N) is 1. The summed E-state index contributed by atoms with van der Waals surface area (Å²) < 4.78 is 4.73. The van der Waals surface area contributed by atoms with Gasteiger partial charge >= 0.3 is 5.97 Å². The van der Waals surface area contributed by atoms with E-state index in [-0.39, 0.29) is 18.7 Å². The Morgan fingerprint density at radius 3 is 2.71 bits per heavy atom. The maximum atomic E-state index is 11.0. The van der Waals surface area contributed by atoms with Crippen LogP contribution in [-0.4, -0.2) is 36.7 Å². The van der Waals surface area contributed by atoms with Gasteiger partial charge in [0.25, 0.3) is 0 Å². The Morgan fingerprint density at radius 1 is 1.64 bits per heavy atom. The highest BCUT2D eigenvalue weighted by molar-refractivity contribution is 5.84. The molecule has 1 amide bonds. The fraction of sp³-hybridized carbons (Fsp3) is 0.556. The van der Waals surface area contributed by atoms with Crippen LogP contribution in [0.2, 0.25) is 0 Å². The number of ether oxygens (including phenoxy) is 1. The van der Waals surface area contributed by atoms with Gasteiger partial charge in [-0.1, -0.05) is 6.08 Å². The Bertz CT molecular complexity index is 215. The first-order valence-corrected chi connectivity index (χ1v) is 4.23. The predicted molar refractivity (Wildman–Crippen MR) is 50.9 cm³/mol. The molecule has 2 N–H and O–H groups in total. The molecule has 14 heavy (non-hydrogen) atoms. The zero-order chi connectivity index (χ0) is 11.0. The summed E-state index contributed by atoms with van der Waals surface area (Å²) in [5.74, 6) is -1.40. The fourth-order valence-electron chi connectivity index (χ4n) is 0.877. The van der Waals surface area contributed by atoms with Gasteiger partial charge in [0.15, 0.2) is 0 Å². The van der Waals surface area contributed by atoms with Crippen molar-refractivity contribution in [3.8, 4) is 0 Å². The van der Waals surface area contributed by atoms with Gasteiger partial charge in [0.1, 0.15) is 6.04 Å². The number of carboxylic acid groups (broad SMARTS) is 1. The van der Waals surface area contributed by atoms with Crippen LogP contribution in [-0.2, 0) is 14.3 Å². The van der Waals surface area contributed by atoms with Crippen molar-refractivity contribution in [2.24, 2.45) is 0 Å². The van der Waals surface area contributed by atoms with Crippen molar-refractivity contribution in [1.29, 1.82) is 0 Å². The topological polar surface area (TPSA) is 75.6 Å². The van der Waals surface area contributed by atoms with Crippen molar-refractivity contribution in [2.75, 3.05) is 13.7 Å². The molecule has 0 saturated heterocycles. The number of methoxy groups -OCH3 is 1. The number of amides is 1. The van der Waals surface area contributed by atoms with Crippen molar-refractivity contribution in [3.05, 3.63) is 12.7 Å². The lowest BCUT2D eigenvalue weighted by Gasteiger charge is -2.12. The Balaban J connectivity index is 4.01. The lowest BCUT2D eigenvalue weighted by molar-refractivity contribution is -0.142. The maximum Gasteiger partial charge on any atom is 0.326 e. The Kier molecular flexibility index (Phi) is 6.39. The molecular formula is C9H15NO4. The molecule has 0 fully saturated rings. The van der Waals surface area contributed by atoms with Gasteiger partial charge in [-0.05, 0) is 0 Å². The van der Waals surface area contributed by atoms with E-state index in [9.17, 15) is 9.59 Å². The average molecular weight is 201 g/mol. The molecule has 0 bridgehead atoms. The van der Waals surface area contributed by atoms with Gasteiger partial charge in [0.05, 0.1) is 0 Å². The number of hydrogen-bond donors (Lipinski definition) is 2. The molecule has 0 aromatic carbocycles. The van der Waals surface area contributed by atoms with Crippen LogP contribution in [0.3, 0.4) is 0 Å². The Morgan fingerprint density at radius 2 is 2.29 bits per heavy atom. The molecule has 0 radical (unpaired) electrons. The molecule has 0 rings (SSSR count). The predicted octanol–water partition coefficient (Wildman–Crippen LogP) is 0.168. The molecule has 1 atom stereocenters. The second-order valence-electron chi connectivity index (χ2n) is 2.73. The minimum Gasteiger partial charge on any atom is -0.480 e. The van der Waals surface area contributed by atoms with Gasteiger partial charge in [0.2, 0.25) is 5.91 Å². The summed E-state index contributed by atoms with van der Waals surface area (Å²) in [5, 5.41) is 11.1. The van der Waals surface area contributed by atoms with Crippen molar-refractivity contribution >= 4 is 11.9 Å². The smallest absolute Gasteiger partial charge is 0.326 e. The summed E-state index contributed by atoms with van der Waals surface area (Å²) in [5.41, 5.74) is 0. The van der Waals surface area contributed by atoms with Crippen molar-refractivity contribution in [1.82, 2.24) is 5.32 Å². The third-order valence-corrected chi connectivity index (χ3v) is 1.57. The third kappa shape index (κ3) is 5.31. The van der Waals surface area contributed by atoms with E-state index >= 15 is 0 Å². The number of hydrogen-bond acceptors (Lipinski definition) is 3. The van der Waals surface area contributed by atoms with Crippen LogP contribution in [0.25, 0.3) is 0 Å². The van der Waals surface area contributed by atoms with E-state index in [0.29, 0.717) is 6.61 Å². The van der Waals surface area contributed by atoms with E-state index in [4.69, 9.17) is 9.84 Å². The molecule has 0 aromatic heterocycles. The van der Waals surface area contributed by atoms with Crippen LogP contribution in [0, 0.1) is 0 Å². The van der Waals surface area contributed by atoms with Crippen LogP contribution >= 0.6 is 0 Å². The van der Waals surface area contributed by atoms with Crippen LogP contribution in [0.5, 0.6) is 0 Å². The number of carboxylic acids is 1. The number of carbonyl (C=O) groups excluding carboxylic acids is 1. The van der Waals surface area contributed by atoms with Gasteiger partial charge in [-0.25, -0.2) is 4.79 Å². The summed E-state index contributed by atoms with van der Waals surface area (Å²) in [4.78, 5) is 21.7. The molecular weight excluding hydrogens is 186 g/mol. The van der Waals surface area contributed by atoms with E-state index in [1.165, 1.54) is 13.2 Å². The number of rotatable bonds is 7. The van der Waals surface area contributed by atoms with Gasteiger partial charge in [-0.2, -0.15) is 0 Å². The van der Waals surface area contributed by atoms with Crippen molar-refractivity contribution in [3.63, 3.8) is 0 Å². The van der Waals surface area contributed by atoms with E-state index < -0.39 is 12.0 Å². The van der Waals surface area contributed by atoms with Crippen LogP contribution in [0.4, 0.5) is 0 Å². The summed E-state index contributed by atoms with van der Waals surface area (Å²) in [7, 11) is 1.48. The zero-order valence-corrected chi connectivity index (χ0v) is 8.16.